The van der Waals surface area contributed by atoms with Gasteiger partial charge in [0.25, 0.3) is 0 Å². The maximum absolute atomic E-state index is 14.3. The Kier molecular flexibility index (Phi) is 3.00. The van der Waals surface area contributed by atoms with Crippen LogP contribution in [0.2, 0.25) is 0 Å². The SMILES string of the molecule is Fc1ccc(F)c(C2CNC3=C4C(=CNC42)C=Cc2ccnnc23)c1. The minimum Gasteiger partial charge on any atom is -0.383 e. The molecule has 25 heavy (non-hydrogen) atoms. The Morgan fingerprint density at radius 2 is 2.04 bits per heavy atom. The molecule has 0 amide bonds. The molecule has 1 aliphatic carbocycles. The smallest absolute Gasteiger partial charge is 0.127 e. The number of nitrogens with zero attached hydrogens (tertiary/aromatic N) is 2. The summed E-state index contributed by atoms with van der Waals surface area (Å²) in [5.41, 5.74) is 5.09. The molecule has 2 atom stereocenters. The lowest BCUT2D eigenvalue weighted by molar-refractivity contribution is 0.483. The van der Waals surface area contributed by atoms with Crippen molar-refractivity contribution in [3.63, 3.8) is 0 Å². The van der Waals surface area contributed by atoms with Gasteiger partial charge >= 0.3 is 0 Å². The fourth-order valence-corrected chi connectivity index (χ4v) is 3.85. The van der Waals surface area contributed by atoms with Gasteiger partial charge in [-0.1, -0.05) is 12.2 Å². The van der Waals surface area contributed by atoms with Gasteiger partial charge in [0.1, 0.15) is 17.3 Å². The first kappa shape index (κ1) is 14.3. The van der Waals surface area contributed by atoms with Gasteiger partial charge in [-0.15, -0.1) is 5.10 Å². The van der Waals surface area contributed by atoms with Crippen molar-refractivity contribution < 1.29 is 8.78 Å². The van der Waals surface area contributed by atoms with Gasteiger partial charge in [-0.25, -0.2) is 8.78 Å². The quantitative estimate of drug-likeness (QED) is 0.841. The largest absolute Gasteiger partial charge is 0.383 e. The van der Waals surface area contributed by atoms with Gasteiger partial charge in [0.05, 0.1) is 17.9 Å². The summed E-state index contributed by atoms with van der Waals surface area (Å²) in [6.07, 6.45) is 7.60. The highest BCUT2D eigenvalue weighted by atomic mass is 19.1. The fourth-order valence-electron chi connectivity index (χ4n) is 3.85. The second-order valence-electron chi connectivity index (χ2n) is 6.35. The number of aromatic nitrogens is 2. The monoisotopic (exact) mass is 336 g/mol. The van der Waals surface area contributed by atoms with Crippen LogP contribution in [0.25, 0.3) is 11.8 Å². The van der Waals surface area contributed by atoms with E-state index in [4.69, 9.17) is 0 Å². The van der Waals surface area contributed by atoms with Gasteiger partial charge in [0.15, 0.2) is 0 Å². The van der Waals surface area contributed by atoms with Crippen LogP contribution >= 0.6 is 0 Å². The number of hydrogen-bond acceptors (Lipinski definition) is 4. The van der Waals surface area contributed by atoms with Gasteiger partial charge in [-0.3, -0.25) is 0 Å². The van der Waals surface area contributed by atoms with E-state index in [1.54, 1.807) is 6.20 Å². The molecule has 0 saturated carbocycles. The minimum absolute atomic E-state index is 0.139. The van der Waals surface area contributed by atoms with Crippen LogP contribution in [-0.2, 0) is 0 Å². The summed E-state index contributed by atoms with van der Waals surface area (Å²) in [6, 6.07) is 5.39. The molecule has 4 nitrogen and oxygen atoms in total. The molecule has 1 aromatic carbocycles. The summed E-state index contributed by atoms with van der Waals surface area (Å²) < 4.78 is 28.0. The molecule has 3 heterocycles. The highest BCUT2D eigenvalue weighted by molar-refractivity contribution is 5.83. The average molecular weight is 336 g/mol. The lowest BCUT2D eigenvalue weighted by Crippen LogP contribution is -2.42. The second kappa shape index (κ2) is 5.24. The van der Waals surface area contributed by atoms with Crippen molar-refractivity contribution in [2.24, 2.45) is 0 Å². The third-order valence-corrected chi connectivity index (χ3v) is 5.00. The molecular formula is C19H14F2N4. The molecule has 2 aromatic rings. The zero-order valence-corrected chi connectivity index (χ0v) is 13.1. The first-order valence-electron chi connectivity index (χ1n) is 8.12. The zero-order chi connectivity index (χ0) is 17.0. The van der Waals surface area contributed by atoms with E-state index < -0.39 is 11.6 Å². The number of hydrogen-bond donors (Lipinski definition) is 2. The van der Waals surface area contributed by atoms with E-state index in [-0.39, 0.29) is 12.0 Å². The molecule has 0 fully saturated rings. The van der Waals surface area contributed by atoms with Crippen LogP contribution in [-0.4, -0.2) is 22.8 Å². The molecule has 2 unspecified atom stereocenters. The number of benzene rings is 1. The van der Waals surface area contributed by atoms with Gasteiger partial charge in [0, 0.05) is 29.8 Å². The summed E-state index contributed by atoms with van der Waals surface area (Å²) in [5.74, 6) is -1.05. The summed E-state index contributed by atoms with van der Waals surface area (Å²) >= 11 is 0. The van der Waals surface area contributed by atoms with Gasteiger partial charge in [-0.05, 0) is 35.4 Å². The molecule has 0 saturated heterocycles. The van der Waals surface area contributed by atoms with Crippen LogP contribution in [0.15, 0.2) is 53.9 Å². The van der Waals surface area contributed by atoms with Gasteiger partial charge < -0.3 is 10.6 Å². The summed E-state index contributed by atoms with van der Waals surface area (Å²) in [6.45, 7) is 0.480. The Bertz CT molecular complexity index is 977. The maximum atomic E-state index is 14.3. The summed E-state index contributed by atoms with van der Waals surface area (Å²) in [4.78, 5) is 0. The van der Waals surface area contributed by atoms with Crippen LogP contribution < -0.4 is 10.6 Å². The van der Waals surface area contributed by atoms with Crippen molar-refractivity contribution in [2.75, 3.05) is 6.54 Å². The van der Waals surface area contributed by atoms with Crippen molar-refractivity contribution in [2.45, 2.75) is 12.0 Å². The van der Waals surface area contributed by atoms with Crippen LogP contribution in [0, 0.1) is 11.6 Å². The van der Waals surface area contributed by atoms with E-state index in [9.17, 15) is 8.78 Å². The molecule has 1 aromatic heterocycles. The Morgan fingerprint density at radius 3 is 2.96 bits per heavy atom. The number of allylic oxidation sites excluding steroid dienone is 1. The molecule has 0 radical (unpaired) electrons. The first-order chi connectivity index (χ1) is 12.2. The van der Waals surface area contributed by atoms with Crippen LogP contribution in [0.1, 0.15) is 22.7 Å². The summed E-state index contributed by atoms with van der Waals surface area (Å²) in [7, 11) is 0. The van der Waals surface area contributed by atoms with Crippen LogP contribution in [0.3, 0.4) is 0 Å². The normalized spacial score (nSPS) is 23.2. The van der Waals surface area contributed by atoms with Crippen molar-refractivity contribution in [1.29, 1.82) is 0 Å². The third kappa shape index (κ3) is 2.10. The predicted octanol–water partition coefficient (Wildman–Crippen LogP) is 2.74. The molecule has 124 valence electrons. The minimum atomic E-state index is -0.431. The van der Waals surface area contributed by atoms with E-state index in [2.05, 4.69) is 20.8 Å². The second-order valence-corrected chi connectivity index (χ2v) is 6.35. The van der Waals surface area contributed by atoms with E-state index in [1.165, 1.54) is 12.1 Å². The Hall–Kier alpha value is -3.02. The van der Waals surface area contributed by atoms with Crippen molar-refractivity contribution in [3.8, 4) is 0 Å². The average Bonchev–Trinajstić information content (AvgIpc) is 2.98. The molecule has 0 bridgehead atoms. The van der Waals surface area contributed by atoms with E-state index in [1.807, 2.05) is 24.4 Å². The number of nitrogens with one attached hydrogen (secondary N) is 2. The van der Waals surface area contributed by atoms with Gasteiger partial charge in [-0.2, -0.15) is 5.10 Å². The lowest BCUT2D eigenvalue weighted by atomic mass is 9.82. The van der Waals surface area contributed by atoms with Crippen molar-refractivity contribution in [1.82, 2.24) is 20.8 Å². The van der Waals surface area contributed by atoms with Crippen LogP contribution in [0.5, 0.6) is 0 Å². The standard InChI is InChI=1S/C19H14F2N4/c20-12-3-4-15(21)13(7-12)14-9-23-19-16-11(8-22-18(14)16)2-1-10-5-6-24-25-17(10)19/h1-8,14,18,22-23H,9H2. The number of halogens is 2. The number of fused-ring (bicyclic) bond motifs is 2. The zero-order valence-electron chi connectivity index (χ0n) is 13.1. The highest BCUT2D eigenvalue weighted by Gasteiger charge is 2.39. The van der Waals surface area contributed by atoms with Gasteiger partial charge in [0.2, 0.25) is 0 Å². The topological polar surface area (TPSA) is 49.8 Å². The van der Waals surface area contributed by atoms with Crippen molar-refractivity contribution in [3.05, 3.63) is 82.3 Å². The Balaban J connectivity index is 1.66. The molecule has 5 rings (SSSR count). The molecule has 2 aliphatic heterocycles. The fraction of sp³-hybridized carbons (Fsp3) is 0.158. The molecule has 2 N–H and O–H groups in total. The third-order valence-electron chi connectivity index (χ3n) is 5.00. The Labute approximate surface area is 143 Å². The van der Waals surface area contributed by atoms with E-state index in [0.29, 0.717) is 12.1 Å². The van der Waals surface area contributed by atoms with Crippen LogP contribution in [0.4, 0.5) is 8.78 Å². The lowest BCUT2D eigenvalue weighted by Gasteiger charge is -2.34. The van der Waals surface area contributed by atoms with E-state index >= 15 is 0 Å². The van der Waals surface area contributed by atoms with Crippen molar-refractivity contribution >= 4 is 11.8 Å². The highest BCUT2D eigenvalue weighted by Crippen LogP contribution is 2.41. The van der Waals surface area contributed by atoms with E-state index in [0.717, 1.165) is 34.2 Å². The molecule has 0 spiro atoms. The maximum Gasteiger partial charge on any atom is 0.127 e. The molecule has 3 aliphatic rings. The first-order valence-corrected chi connectivity index (χ1v) is 8.12. The number of rotatable bonds is 1. The molecular weight excluding hydrogens is 322 g/mol. The summed E-state index contributed by atoms with van der Waals surface area (Å²) in [5, 5.41) is 15.0. The molecule has 6 heteroatoms. The predicted molar refractivity (Wildman–Crippen MR) is 90.1 cm³/mol. The Morgan fingerprint density at radius 1 is 1.12 bits per heavy atom.